The van der Waals surface area contributed by atoms with E-state index in [-0.39, 0.29) is 12.7 Å². The van der Waals surface area contributed by atoms with Gasteiger partial charge in [-0.25, -0.2) is 4.98 Å². The number of carbonyl (C=O) groups excluding carboxylic acids is 1. The number of carbonyl (C=O) groups is 1. The van der Waals surface area contributed by atoms with E-state index in [4.69, 9.17) is 13.9 Å². The number of amides is 1. The van der Waals surface area contributed by atoms with Crippen molar-refractivity contribution in [2.75, 3.05) is 6.79 Å². The number of benzene rings is 1. The number of nitrogens with zero attached hydrogens (tertiary/aromatic N) is 3. The lowest BCUT2D eigenvalue weighted by atomic mass is 10.1. The van der Waals surface area contributed by atoms with E-state index in [1.165, 1.54) is 12.5 Å². The van der Waals surface area contributed by atoms with Crippen LogP contribution in [0.3, 0.4) is 0 Å². The molecule has 4 rings (SSSR count). The summed E-state index contributed by atoms with van der Waals surface area (Å²) in [4.78, 5) is 18.9. The number of fused-ring (bicyclic) bond motifs is 1. The second-order valence-corrected chi connectivity index (χ2v) is 5.82. The van der Waals surface area contributed by atoms with Crippen LogP contribution in [0.5, 0.6) is 11.5 Å². The van der Waals surface area contributed by atoms with E-state index in [2.05, 4.69) is 4.98 Å². The third kappa shape index (κ3) is 3.08. The highest BCUT2D eigenvalue weighted by Crippen LogP contribution is 2.33. The summed E-state index contributed by atoms with van der Waals surface area (Å²) < 4.78 is 17.7. The zero-order chi connectivity index (χ0) is 17.2. The molecule has 25 heavy (non-hydrogen) atoms. The molecule has 0 atom stereocenters. The van der Waals surface area contributed by atoms with Crippen molar-refractivity contribution >= 4 is 5.91 Å². The maximum Gasteiger partial charge on any atom is 0.257 e. The molecule has 3 aromatic rings. The molecule has 1 aliphatic heterocycles. The summed E-state index contributed by atoms with van der Waals surface area (Å²) in [5.41, 5.74) is 1.46. The van der Waals surface area contributed by atoms with Gasteiger partial charge in [-0.15, -0.1) is 0 Å². The molecule has 0 radical (unpaired) electrons. The van der Waals surface area contributed by atoms with Gasteiger partial charge in [0, 0.05) is 26.0 Å². The zero-order valence-electron chi connectivity index (χ0n) is 13.7. The first-order chi connectivity index (χ1) is 12.2. The highest BCUT2D eigenvalue weighted by atomic mass is 16.7. The Balaban J connectivity index is 1.60. The van der Waals surface area contributed by atoms with Crippen molar-refractivity contribution in [2.45, 2.75) is 13.1 Å². The first-order valence-electron chi connectivity index (χ1n) is 7.87. The first-order valence-corrected chi connectivity index (χ1v) is 7.87. The van der Waals surface area contributed by atoms with Crippen molar-refractivity contribution in [1.29, 1.82) is 0 Å². The standard InChI is InChI=1S/C18H17N3O4/c1-20-6-5-19-17(20)10-21(18(22)14-4-7-23-11-14)9-13-2-3-15-16(8-13)25-12-24-15/h2-8,11H,9-10,12H2,1H3. The molecule has 0 spiro atoms. The van der Waals surface area contributed by atoms with E-state index in [9.17, 15) is 4.79 Å². The number of rotatable bonds is 5. The highest BCUT2D eigenvalue weighted by Gasteiger charge is 2.21. The number of imidazole rings is 1. The fraction of sp³-hybridized carbons (Fsp3) is 0.222. The Kier molecular flexibility index (Phi) is 3.89. The Morgan fingerprint density at radius 2 is 2.12 bits per heavy atom. The molecule has 128 valence electrons. The van der Waals surface area contributed by atoms with Crippen molar-refractivity contribution in [1.82, 2.24) is 14.5 Å². The maximum atomic E-state index is 12.9. The third-order valence-electron chi connectivity index (χ3n) is 4.12. The Morgan fingerprint density at radius 1 is 1.24 bits per heavy atom. The molecular weight excluding hydrogens is 322 g/mol. The summed E-state index contributed by atoms with van der Waals surface area (Å²) in [5.74, 6) is 2.11. The molecule has 0 N–H and O–H groups in total. The molecule has 0 saturated carbocycles. The van der Waals surface area contributed by atoms with Gasteiger partial charge in [0.25, 0.3) is 5.91 Å². The van der Waals surface area contributed by atoms with E-state index in [1.807, 2.05) is 36.0 Å². The van der Waals surface area contributed by atoms with Crippen molar-refractivity contribution in [2.24, 2.45) is 7.05 Å². The molecule has 2 aromatic heterocycles. The average Bonchev–Trinajstić information content (AvgIpc) is 3.35. The maximum absolute atomic E-state index is 12.9. The van der Waals surface area contributed by atoms with Crippen LogP contribution in [-0.4, -0.2) is 27.2 Å². The first kappa shape index (κ1) is 15.3. The molecule has 7 nitrogen and oxygen atoms in total. The van der Waals surface area contributed by atoms with Crippen LogP contribution in [0.15, 0.2) is 53.6 Å². The average molecular weight is 339 g/mol. The fourth-order valence-electron chi connectivity index (χ4n) is 2.75. The van der Waals surface area contributed by atoms with Gasteiger partial charge < -0.3 is 23.4 Å². The Labute approximate surface area is 144 Å². The topological polar surface area (TPSA) is 69.7 Å². The van der Waals surface area contributed by atoms with Gasteiger partial charge in [0.15, 0.2) is 11.5 Å². The van der Waals surface area contributed by atoms with Gasteiger partial charge in [-0.1, -0.05) is 6.07 Å². The number of ether oxygens (including phenoxy) is 2. The van der Waals surface area contributed by atoms with Crippen LogP contribution in [0.25, 0.3) is 0 Å². The van der Waals surface area contributed by atoms with Crippen LogP contribution >= 0.6 is 0 Å². The van der Waals surface area contributed by atoms with Crippen LogP contribution < -0.4 is 9.47 Å². The summed E-state index contributed by atoms with van der Waals surface area (Å²) >= 11 is 0. The normalized spacial score (nSPS) is 12.4. The molecule has 7 heteroatoms. The van der Waals surface area contributed by atoms with Crippen LogP contribution in [0.1, 0.15) is 21.7 Å². The Bertz CT molecular complexity index is 886. The summed E-state index contributed by atoms with van der Waals surface area (Å²) in [6.07, 6.45) is 6.52. The second-order valence-electron chi connectivity index (χ2n) is 5.82. The zero-order valence-corrected chi connectivity index (χ0v) is 13.7. The van der Waals surface area contributed by atoms with E-state index >= 15 is 0 Å². The van der Waals surface area contributed by atoms with Crippen LogP contribution in [0.2, 0.25) is 0 Å². The molecule has 1 aromatic carbocycles. The predicted octanol–water partition coefficient (Wildman–Crippen LogP) is 2.58. The molecular formula is C18H17N3O4. The third-order valence-corrected chi connectivity index (χ3v) is 4.12. The quantitative estimate of drug-likeness (QED) is 0.714. The van der Waals surface area contributed by atoms with Gasteiger partial charge in [0.2, 0.25) is 6.79 Å². The smallest absolute Gasteiger partial charge is 0.257 e. The van der Waals surface area contributed by atoms with E-state index in [0.29, 0.717) is 24.4 Å². The van der Waals surface area contributed by atoms with E-state index in [0.717, 1.165) is 17.1 Å². The second kappa shape index (κ2) is 6.35. The monoisotopic (exact) mass is 339 g/mol. The lowest BCUT2D eigenvalue weighted by Gasteiger charge is -2.22. The number of furan rings is 1. The number of aryl methyl sites for hydroxylation is 1. The molecule has 0 fully saturated rings. The molecule has 1 amide bonds. The van der Waals surface area contributed by atoms with Gasteiger partial charge in [-0.2, -0.15) is 0 Å². The number of hydrogen-bond donors (Lipinski definition) is 0. The Hall–Kier alpha value is -3.22. The SMILES string of the molecule is Cn1ccnc1CN(Cc1ccc2c(c1)OCO2)C(=O)c1ccoc1. The summed E-state index contributed by atoms with van der Waals surface area (Å²) in [6, 6.07) is 7.35. The van der Waals surface area contributed by atoms with Gasteiger partial charge >= 0.3 is 0 Å². The Morgan fingerprint density at radius 3 is 2.88 bits per heavy atom. The molecule has 0 aliphatic carbocycles. The highest BCUT2D eigenvalue weighted by molar-refractivity contribution is 5.93. The molecule has 0 bridgehead atoms. The van der Waals surface area contributed by atoms with Crippen LogP contribution in [0.4, 0.5) is 0 Å². The van der Waals surface area contributed by atoms with Crippen molar-refractivity contribution in [3.8, 4) is 11.5 Å². The van der Waals surface area contributed by atoms with Crippen molar-refractivity contribution in [3.05, 3.63) is 66.1 Å². The molecule has 0 saturated heterocycles. The minimum absolute atomic E-state index is 0.116. The lowest BCUT2D eigenvalue weighted by Crippen LogP contribution is -2.31. The summed E-state index contributed by atoms with van der Waals surface area (Å²) in [7, 11) is 1.91. The number of aromatic nitrogens is 2. The van der Waals surface area contributed by atoms with Gasteiger partial charge in [-0.05, 0) is 23.8 Å². The summed E-state index contributed by atoms with van der Waals surface area (Å²) in [5, 5.41) is 0. The largest absolute Gasteiger partial charge is 0.472 e. The van der Waals surface area contributed by atoms with Crippen LogP contribution in [0, 0.1) is 0 Å². The predicted molar refractivity (Wildman–Crippen MR) is 88.1 cm³/mol. The summed E-state index contributed by atoms with van der Waals surface area (Å²) in [6.45, 7) is 1.04. The van der Waals surface area contributed by atoms with Crippen molar-refractivity contribution < 1.29 is 18.7 Å². The van der Waals surface area contributed by atoms with Crippen LogP contribution in [-0.2, 0) is 20.1 Å². The molecule has 1 aliphatic rings. The number of hydrogen-bond acceptors (Lipinski definition) is 5. The van der Waals surface area contributed by atoms with Crippen molar-refractivity contribution in [3.63, 3.8) is 0 Å². The minimum atomic E-state index is -0.116. The lowest BCUT2D eigenvalue weighted by molar-refractivity contribution is 0.0723. The van der Waals surface area contributed by atoms with Gasteiger partial charge in [0.1, 0.15) is 12.1 Å². The fourth-order valence-corrected chi connectivity index (χ4v) is 2.75. The van der Waals surface area contributed by atoms with E-state index < -0.39 is 0 Å². The van der Waals surface area contributed by atoms with Gasteiger partial charge in [0.05, 0.1) is 18.4 Å². The minimum Gasteiger partial charge on any atom is -0.472 e. The molecule has 0 unspecified atom stereocenters. The van der Waals surface area contributed by atoms with E-state index in [1.54, 1.807) is 17.2 Å². The molecule has 3 heterocycles. The van der Waals surface area contributed by atoms with Gasteiger partial charge in [-0.3, -0.25) is 4.79 Å².